The fraction of sp³-hybridized carbons (Fsp3) is 0.273. The Morgan fingerprint density at radius 3 is 3.00 bits per heavy atom. The summed E-state index contributed by atoms with van der Waals surface area (Å²) < 4.78 is 1.76. The molecule has 8 heteroatoms. The predicted molar refractivity (Wildman–Crippen MR) is 70.6 cm³/mol. The summed E-state index contributed by atoms with van der Waals surface area (Å²) in [4.78, 5) is 14.2. The van der Waals surface area contributed by atoms with Crippen molar-refractivity contribution < 1.29 is 4.92 Å². The number of aromatic nitrogens is 3. The first-order valence-electron chi connectivity index (χ1n) is 5.70. The first kappa shape index (κ1) is 12.8. The minimum absolute atomic E-state index is 0.00815. The average Bonchev–Trinajstić information content (AvgIpc) is 2.80. The number of anilines is 2. The highest BCUT2D eigenvalue weighted by Gasteiger charge is 2.11. The highest BCUT2D eigenvalue weighted by atomic mass is 16.6. The van der Waals surface area contributed by atoms with E-state index in [4.69, 9.17) is 5.73 Å². The molecule has 2 aromatic rings. The minimum Gasteiger partial charge on any atom is -0.383 e. The van der Waals surface area contributed by atoms with E-state index in [1.54, 1.807) is 10.9 Å². The van der Waals surface area contributed by atoms with Crippen LogP contribution in [-0.4, -0.2) is 25.7 Å². The van der Waals surface area contributed by atoms with E-state index in [0.29, 0.717) is 12.4 Å². The normalized spacial score (nSPS) is 12.1. The standard InChI is InChI=1S/C11H14N6O2/c1-8(7-16-4-2-3-13-16)14-11-6-9(17(18)19)5-10(12)15-11/h2-6,8H,7H2,1H3,(H3,12,14,15). The van der Waals surface area contributed by atoms with Crippen LogP contribution in [0.4, 0.5) is 17.3 Å². The van der Waals surface area contributed by atoms with Crippen LogP contribution in [0.5, 0.6) is 0 Å². The van der Waals surface area contributed by atoms with Crippen molar-refractivity contribution in [1.82, 2.24) is 14.8 Å². The number of rotatable bonds is 5. The van der Waals surface area contributed by atoms with E-state index >= 15 is 0 Å². The van der Waals surface area contributed by atoms with Gasteiger partial charge < -0.3 is 11.1 Å². The Morgan fingerprint density at radius 1 is 1.58 bits per heavy atom. The summed E-state index contributed by atoms with van der Waals surface area (Å²) in [7, 11) is 0. The van der Waals surface area contributed by atoms with Crippen LogP contribution in [0.3, 0.4) is 0 Å². The van der Waals surface area contributed by atoms with E-state index in [1.807, 2.05) is 19.2 Å². The van der Waals surface area contributed by atoms with E-state index in [2.05, 4.69) is 15.4 Å². The summed E-state index contributed by atoms with van der Waals surface area (Å²) in [6.07, 6.45) is 3.53. The molecule has 0 aliphatic carbocycles. The van der Waals surface area contributed by atoms with Gasteiger partial charge in [-0.2, -0.15) is 5.10 Å². The van der Waals surface area contributed by atoms with Gasteiger partial charge in [-0.3, -0.25) is 14.8 Å². The second-order valence-corrected chi connectivity index (χ2v) is 4.17. The Balaban J connectivity index is 2.08. The Labute approximate surface area is 109 Å². The van der Waals surface area contributed by atoms with Crippen LogP contribution in [0.25, 0.3) is 0 Å². The van der Waals surface area contributed by atoms with Crippen molar-refractivity contribution in [3.05, 3.63) is 40.7 Å². The highest BCUT2D eigenvalue weighted by molar-refractivity contribution is 5.52. The molecule has 1 atom stereocenters. The molecular formula is C11H14N6O2. The maximum atomic E-state index is 10.7. The van der Waals surface area contributed by atoms with Gasteiger partial charge in [-0.1, -0.05) is 0 Å². The van der Waals surface area contributed by atoms with E-state index in [0.717, 1.165) is 0 Å². The lowest BCUT2D eigenvalue weighted by Crippen LogP contribution is -2.23. The van der Waals surface area contributed by atoms with Gasteiger partial charge in [-0.15, -0.1) is 0 Å². The summed E-state index contributed by atoms with van der Waals surface area (Å²) in [5.74, 6) is 0.495. The van der Waals surface area contributed by atoms with Crippen LogP contribution in [0, 0.1) is 10.1 Å². The molecule has 0 fully saturated rings. The van der Waals surface area contributed by atoms with Crippen LogP contribution >= 0.6 is 0 Å². The van der Waals surface area contributed by atoms with E-state index in [9.17, 15) is 10.1 Å². The molecule has 0 saturated carbocycles. The van der Waals surface area contributed by atoms with Gasteiger partial charge >= 0.3 is 0 Å². The zero-order valence-corrected chi connectivity index (χ0v) is 10.4. The third-order valence-corrected chi connectivity index (χ3v) is 2.46. The molecule has 0 amide bonds. The SMILES string of the molecule is CC(Cn1cccn1)Nc1cc([N+](=O)[O-])cc(N)n1. The maximum Gasteiger partial charge on any atom is 0.276 e. The molecule has 100 valence electrons. The number of nitrogen functional groups attached to an aromatic ring is 1. The molecule has 2 rings (SSSR count). The number of hydrogen-bond acceptors (Lipinski definition) is 6. The van der Waals surface area contributed by atoms with Crippen molar-refractivity contribution in [1.29, 1.82) is 0 Å². The largest absolute Gasteiger partial charge is 0.383 e. The zero-order valence-electron chi connectivity index (χ0n) is 10.4. The highest BCUT2D eigenvalue weighted by Crippen LogP contribution is 2.19. The van der Waals surface area contributed by atoms with E-state index < -0.39 is 4.92 Å². The summed E-state index contributed by atoms with van der Waals surface area (Å²) in [6.45, 7) is 2.55. The molecule has 0 bridgehead atoms. The van der Waals surface area contributed by atoms with Crippen molar-refractivity contribution in [3.8, 4) is 0 Å². The smallest absolute Gasteiger partial charge is 0.276 e. The van der Waals surface area contributed by atoms with Gasteiger partial charge in [-0.05, 0) is 13.0 Å². The Kier molecular flexibility index (Phi) is 3.60. The van der Waals surface area contributed by atoms with Crippen molar-refractivity contribution in [2.75, 3.05) is 11.1 Å². The molecule has 0 aliphatic heterocycles. The molecule has 0 spiro atoms. The van der Waals surface area contributed by atoms with Gasteiger partial charge in [0.2, 0.25) is 0 Å². The molecule has 19 heavy (non-hydrogen) atoms. The summed E-state index contributed by atoms with van der Waals surface area (Å²) >= 11 is 0. The van der Waals surface area contributed by atoms with Crippen molar-refractivity contribution in [2.24, 2.45) is 0 Å². The second-order valence-electron chi connectivity index (χ2n) is 4.17. The lowest BCUT2D eigenvalue weighted by molar-refractivity contribution is -0.384. The maximum absolute atomic E-state index is 10.7. The summed E-state index contributed by atoms with van der Waals surface area (Å²) in [6, 6.07) is 4.42. The van der Waals surface area contributed by atoms with Gasteiger partial charge in [-0.25, -0.2) is 4.98 Å². The number of nitrogens with one attached hydrogen (secondary N) is 1. The Bertz CT molecular complexity index is 569. The number of nitrogens with two attached hydrogens (primary N) is 1. The zero-order chi connectivity index (χ0) is 13.8. The van der Waals surface area contributed by atoms with Crippen LogP contribution in [0.2, 0.25) is 0 Å². The fourth-order valence-corrected chi connectivity index (χ4v) is 1.70. The number of nitrogens with zero attached hydrogens (tertiary/aromatic N) is 4. The fourth-order valence-electron chi connectivity index (χ4n) is 1.70. The van der Waals surface area contributed by atoms with Gasteiger partial charge in [0, 0.05) is 18.4 Å². The summed E-state index contributed by atoms with van der Waals surface area (Å²) in [5.41, 5.74) is 5.45. The van der Waals surface area contributed by atoms with E-state index in [1.165, 1.54) is 12.1 Å². The van der Waals surface area contributed by atoms with Crippen LogP contribution in [0.15, 0.2) is 30.6 Å². The van der Waals surface area contributed by atoms with Gasteiger partial charge in [0.15, 0.2) is 0 Å². The molecule has 0 aromatic carbocycles. The molecule has 3 N–H and O–H groups in total. The lowest BCUT2D eigenvalue weighted by atomic mass is 10.3. The van der Waals surface area contributed by atoms with Crippen molar-refractivity contribution in [2.45, 2.75) is 19.5 Å². The van der Waals surface area contributed by atoms with Gasteiger partial charge in [0.25, 0.3) is 5.69 Å². The number of nitro groups is 1. The van der Waals surface area contributed by atoms with Gasteiger partial charge in [0.1, 0.15) is 11.6 Å². The van der Waals surface area contributed by atoms with Crippen LogP contribution in [-0.2, 0) is 6.54 Å². The molecule has 1 unspecified atom stereocenters. The molecule has 2 aromatic heterocycles. The quantitative estimate of drug-likeness (QED) is 0.619. The molecule has 2 heterocycles. The molecule has 0 saturated heterocycles. The molecular weight excluding hydrogens is 248 g/mol. The second kappa shape index (κ2) is 5.34. The third kappa shape index (κ3) is 3.41. The van der Waals surface area contributed by atoms with Crippen molar-refractivity contribution in [3.63, 3.8) is 0 Å². The monoisotopic (exact) mass is 262 g/mol. The lowest BCUT2D eigenvalue weighted by Gasteiger charge is -2.14. The molecule has 0 aliphatic rings. The van der Waals surface area contributed by atoms with Crippen LogP contribution in [0.1, 0.15) is 6.92 Å². The first-order chi connectivity index (χ1) is 9.04. The number of pyridine rings is 1. The van der Waals surface area contributed by atoms with Crippen LogP contribution < -0.4 is 11.1 Å². The average molecular weight is 262 g/mol. The van der Waals surface area contributed by atoms with Gasteiger partial charge in [0.05, 0.1) is 23.6 Å². The minimum atomic E-state index is -0.499. The van der Waals surface area contributed by atoms with E-state index in [-0.39, 0.29) is 17.5 Å². The topological polar surface area (TPSA) is 112 Å². The van der Waals surface area contributed by atoms with Crippen molar-refractivity contribution >= 4 is 17.3 Å². The Morgan fingerprint density at radius 2 is 2.37 bits per heavy atom. The predicted octanol–water partition coefficient (Wildman–Crippen LogP) is 1.27. The first-order valence-corrected chi connectivity index (χ1v) is 5.70. The Hall–Kier alpha value is -2.64. The number of hydrogen-bond donors (Lipinski definition) is 2. The third-order valence-electron chi connectivity index (χ3n) is 2.46. The summed E-state index contributed by atoms with van der Waals surface area (Å²) in [5, 5.41) is 17.9. The molecule has 0 radical (unpaired) electrons. The molecule has 8 nitrogen and oxygen atoms in total.